The SMILES string of the molecule is CCCCC(CCCC)(C(N)=O)c1ccccc1. The number of carbonyl (C=O) groups is 1. The molecule has 1 aromatic carbocycles. The lowest BCUT2D eigenvalue weighted by Gasteiger charge is -2.31. The summed E-state index contributed by atoms with van der Waals surface area (Å²) in [6.45, 7) is 4.30. The average molecular weight is 247 g/mol. The Morgan fingerprint density at radius 2 is 1.56 bits per heavy atom. The largest absolute Gasteiger partial charge is 0.369 e. The van der Waals surface area contributed by atoms with Crippen molar-refractivity contribution < 1.29 is 4.79 Å². The highest BCUT2D eigenvalue weighted by Gasteiger charge is 2.36. The van der Waals surface area contributed by atoms with Crippen LogP contribution in [0.25, 0.3) is 0 Å². The smallest absolute Gasteiger partial charge is 0.228 e. The molecule has 100 valence electrons. The Kier molecular flexibility index (Phi) is 5.90. The number of hydrogen-bond donors (Lipinski definition) is 1. The number of benzene rings is 1. The first-order valence-corrected chi connectivity index (χ1v) is 7.02. The van der Waals surface area contributed by atoms with Gasteiger partial charge in [-0.05, 0) is 18.4 Å². The molecule has 0 fully saturated rings. The third-order valence-electron chi connectivity index (χ3n) is 3.71. The highest BCUT2D eigenvalue weighted by molar-refractivity contribution is 5.86. The van der Waals surface area contributed by atoms with Crippen LogP contribution in [0, 0.1) is 0 Å². The lowest BCUT2D eigenvalue weighted by Crippen LogP contribution is -2.41. The molecule has 0 heterocycles. The van der Waals surface area contributed by atoms with Gasteiger partial charge in [-0.3, -0.25) is 4.79 Å². The molecule has 18 heavy (non-hydrogen) atoms. The van der Waals surface area contributed by atoms with E-state index in [0.717, 1.165) is 44.1 Å². The van der Waals surface area contributed by atoms with Crippen molar-refractivity contribution in [1.82, 2.24) is 0 Å². The highest BCUT2D eigenvalue weighted by Crippen LogP contribution is 2.35. The van der Waals surface area contributed by atoms with Crippen molar-refractivity contribution in [3.63, 3.8) is 0 Å². The van der Waals surface area contributed by atoms with E-state index in [4.69, 9.17) is 5.73 Å². The maximum Gasteiger partial charge on any atom is 0.228 e. The molecule has 0 aliphatic rings. The Balaban J connectivity index is 3.07. The second-order valence-corrected chi connectivity index (χ2v) is 5.02. The summed E-state index contributed by atoms with van der Waals surface area (Å²) in [4.78, 5) is 12.1. The van der Waals surface area contributed by atoms with Crippen molar-refractivity contribution in [1.29, 1.82) is 0 Å². The van der Waals surface area contributed by atoms with Gasteiger partial charge in [0, 0.05) is 0 Å². The third-order valence-corrected chi connectivity index (χ3v) is 3.71. The summed E-state index contributed by atoms with van der Waals surface area (Å²) in [6, 6.07) is 10.0. The zero-order chi connectivity index (χ0) is 13.4. The molecule has 1 rings (SSSR count). The van der Waals surface area contributed by atoms with Gasteiger partial charge in [0.15, 0.2) is 0 Å². The van der Waals surface area contributed by atoms with Gasteiger partial charge in [0.2, 0.25) is 5.91 Å². The second-order valence-electron chi connectivity index (χ2n) is 5.02. The maximum absolute atomic E-state index is 12.1. The van der Waals surface area contributed by atoms with E-state index in [-0.39, 0.29) is 5.91 Å². The molecule has 1 aromatic rings. The number of rotatable bonds is 8. The lowest BCUT2D eigenvalue weighted by molar-refractivity contribution is -0.124. The molecule has 2 heteroatoms. The fraction of sp³-hybridized carbons (Fsp3) is 0.562. The van der Waals surface area contributed by atoms with E-state index >= 15 is 0 Å². The molecule has 1 amide bonds. The van der Waals surface area contributed by atoms with Gasteiger partial charge < -0.3 is 5.73 Å². The molecule has 0 spiro atoms. The molecule has 0 atom stereocenters. The molecule has 0 unspecified atom stereocenters. The second kappa shape index (κ2) is 7.20. The first kappa shape index (κ1) is 14.7. The van der Waals surface area contributed by atoms with Gasteiger partial charge in [0.1, 0.15) is 0 Å². The van der Waals surface area contributed by atoms with Gasteiger partial charge >= 0.3 is 0 Å². The van der Waals surface area contributed by atoms with Crippen molar-refractivity contribution >= 4 is 5.91 Å². The topological polar surface area (TPSA) is 43.1 Å². The average Bonchev–Trinajstić information content (AvgIpc) is 2.40. The molecule has 2 N–H and O–H groups in total. The van der Waals surface area contributed by atoms with Crippen LogP contribution in [-0.2, 0) is 10.2 Å². The summed E-state index contributed by atoms with van der Waals surface area (Å²) in [7, 11) is 0. The molecule has 0 aliphatic heterocycles. The van der Waals surface area contributed by atoms with Crippen LogP contribution in [0.5, 0.6) is 0 Å². The maximum atomic E-state index is 12.1. The summed E-state index contributed by atoms with van der Waals surface area (Å²) in [6.07, 6.45) is 6.00. The number of primary amides is 1. The van der Waals surface area contributed by atoms with Crippen LogP contribution >= 0.6 is 0 Å². The standard InChI is InChI=1S/C16H25NO/c1-3-5-12-16(15(17)18,13-6-4-2)14-10-8-7-9-11-14/h7-11H,3-6,12-13H2,1-2H3,(H2,17,18). The van der Waals surface area contributed by atoms with Crippen molar-refractivity contribution in [3.8, 4) is 0 Å². The highest BCUT2D eigenvalue weighted by atomic mass is 16.1. The number of hydrogen-bond acceptors (Lipinski definition) is 1. The number of carbonyl (C=O) groups excluding carboxylic acids is 1. The van der Waals surface area contributed by atoms with E-state index in [0.29, 0.717) is 0 Å². The predicted octanol–water partition coefficient (Wildman–Crippen LogP) is 3.79. The Morgan fingerprint density at radius 1 is 1.06 bits per heavy atom. The first-order valence-electron chi connectivity index (χ1n) is 7.02. The Labute approximate surface area is 111 Å². The molecule has 0 bridgehead atoms. The van der Waals surface area contributed by atoms with Crippen molar-refractivity contribution in [2.24, 2.45) is 5.73 Å². The van der Waals surface area contributed by atoms with Gasteiger partial charge in [-0.1, -0.05) is 69.9 Å². The first-order chi connectivity index (χ1) is 8.67. The minimum atomic E-state index is -0.465. The summed E-state index contributed by atoms with van der Waals surface area (Å²) in [5.41, 5.74) is 6.36. The molecule has 0 aromatic heterocycles. The van der Waals surface area contributed by atoms with Gasteiger partial charge in [-0.25, -0.2) is 0 Å². The Morgan fingerprint density at radius 3 is 1.94 bits per heavy atom. The Hall–Kier alpha value is -1.31. The van der Waals surface area contributed by atoms with Crippen LogP contribution in [-0.4, -0.2) is 5.91 Å². The zero-order valence-electron chi connectivity index (χ0n) is 11.6. The van der Waals surface area contributed by atoms with Crippen LogP contribution in [0.4, 0.5) is 0 Å². The van der Waals surface area contributed by atoms with Crippen molar-refractivity contribution in [2.45, 2.75) is 57.8 Å². The number of unbranched alkanes of at least 4 members (excludes halogenated alkanes) is 2. The van der Waals surface area contributed by atoms with E-state index < -0.39 is 5.41 Å². The minimum absolute atomic E-state index is 0.171. The quantitative estimate of drug-likeness (QED) is 0.746. The zero-order valence-corrected chi connectivity index (χ0v) is 11.6. The summed E-state index contributed by atoms with van der Waals surface area (Å²) in [5.74, 6) is -0.171. The monoisotopic (exact) mass is 247 g/mol. The Bertz CT molecular complexity index is 351. The molecule has 0 saturated carbocycles. The van der Waals surface area contributed by atoms with Gasteiger partial charge in [0.05, 0.1) is 5.41 Å². The van der Waals surface area contributed by atoms with Crippen LogP contribution < -0.4 is 5.73 Å². The molecular formula is C16H25NO. The molecule has 0 radical (unpaired) electrons. The van der Waals surface area contributed by atoms with Crippen LogP contribution in [0.2, 0.25) is 0 Å². The minimum Gasteiger partial charge on any atom is -0.369 e. The molecule has 0 saturated heterocycles. The number of amides is 1. The summed E-state index contributed by atoms with van der Waals surface area (Å²) < 4.78 is 0. The van der Waals surface area contributed by atoms with E-state index in [2.05, 4.69) is 13.8 Å². The van der Waals surface area contributed by atoms with E-state index in [1.165, 1.54) is 0 Å². The molecule has 0 aliphatic carbocycles. The fourth-order valence-electron chi connectivity index (χ4n) is 2.52. The van der Waals surface area contributed by atoms with E-state index in [1.54, 1.807) is 0 Å². The molecule has 2 nitrogen and oxygen atoms in total. The van der Waals surface area contributed by atoms with Crippen molar-refractivity contribution in [2.75, 3.05) is 0 Å². The van der Waals surface area contributed by atoms with Gasteiger partial charge in [0.25, 0.3) is 0 Å². The third kappa shape index (κ3) is 3.34. The van der Waals surface area contributed by atoms with Crippen LogP contribution in [0.1, 0.15) is 57.9 Å². The van der Waals surface area contributed by atoms with Crippen LogP contribution in [0.15, 0.2) is 30.3 Å². The van der Waals surface area contributed by atoms with E-state index in [1.807, 2.05) is 30.3 Å². The normalized spacial score (nSPS) is 11.4. The lowest BCUT2D eigenvalue weighted by atomic mass is 9.72. The van der Waals surface area contributed by atoms with Crippen LogP contribution in [0.3, 0.4) is 0 Å². The number of nitrogens with two attached hydrogens (primary N) is 1. The van der Waals surface area contributed by atoms with Gasteiger partial charge in [-0.2, -0.15) is 0 Å². The predicted molar refractivity (Wildman–Crippen MR) is 76.4 cm³/mol. The summed E-state index contributed by atoms with van der Waals surface area (Å²) in [5, 5.41) is 0. The van der Waals surface area contributed by atoms with Crippen molar-refractivity contribution in [3.05, 3.63) is 35.9 Å². The van der Waals surface area contributed by atoms with Gasteiger partial charge in [-0.15, -0.1) is 0 Å². The van der Waals surface area contributed by atoms with E-state index in [9.17, 15) is 4.79 Å². The summed E-state index contributed by atoms with van der Waals surface area (Å²) >= 11 is 0. The fourth-order valence-corrected chi connectivity index (χ4v) is 2.52. The molecular weight excluding hydrogens is 222 g/mol.